The van der Waals surface area contributed by atoms with Crippen LogP contribution in [0, 0.1) is 10.1 Å². The van der Waals surface area contributed by atoms with Gasteiger partial charge in [0.1, 0.15) is 5.69 Å². The number of ether oxygens (including phenoxy) is 1. The van der Waals surface area contributed by atoms with E-state index in [1.165, 1.54) is 36.3 Å². The van der Waals surface area contributed by atoms with Gasteiger partial charge in [-0.25, -0.2) is 0 Å². The molecule has 2 aromatic rings. The van der Waals surface area contributed by atoms with Crippen molar-refractivity contribution in [2.45, 2.75) is 38.0 Å². The number of carbonyl (C=O) groups is 1. The molecule has 0 radical (unpaired) electrons. The van der Waals surface area contributed by atoms with Crippen molar-refractivity contribution < 1.29 is 27.6 Å². The van der Waals surface area contributed by atoms with Crippen LogP contribution in [0.15, 0.2) is 42.5 Å². The van der Waals surface area contributed by atoms with Gasteiger partial charge in [0.2, 0.25) is 0 Å². The van der Waals surface area contributed by atoms with Crippen molar-refractivity contribution in [1.29, 1.82) is 0 Å². The molecule has 1 aliphatic rings. The Labute approximate surface area is 183 Å². The van der Waals surface area contributed by atoms with E-state index in [2.05, 4.69) is 5.32 Å². The average molecular weight is 451 g/mol. The number of hydrogen-bond donors (Lipinski definition) is 1. The molecular weight excluding hydrogens is 427 g/mol. The fraction of sp³-hybridized carbons (Fsp3) is 0.409. The van der Waals surface area contributed by atoms with Crippen LogP contribution < -0.4 is 5.32 Å². The molecule has 32 heavy (non-hydrogen) atoms. The van der Waals surface area contributed by atoms with E-state index in [0.29, 0.717) is 18.7 Å². The van der Waals surface area contributed by atoms with Gasteiger partial charge in [0.05, 0.1) is 23.1 Å². The fourth-order valence-corrected chi connectivity index (χ4v) is 3.55. The zero-order chi connectivity index (χ0) is 23.5. The molecule has 1 atom stereocenters. The van der Waals surface area contributed by atoms with E-state index < -0.39 is 28.6 Å². The van der Waals surface area contributed by atoms with Crippen molar-refractivity contribution in [1.82, 2.24) is 4.90 Å². The minimum atomic E-state index is -4.49. The number of rotatable bonds is 9. The number of methoxy groups -OCH3 is 1. The molecule has 0 aromatic heterocycles. The molecule has 1 saturated carbocycles. The van der Waals surface area contributed by atoms with Crippen LogP contribution in [0.25, 0.3) is 0 Å². The molecule has 172 valence electrons. The Balaban J connectivity index is 1.90. The lowest BCUT2D eigenvalue weighted by Crippen LogP contribution is -2.35. The van der Waals surface area contributed by atoms with Crippen molar-refractivity contribution in [3.8, 4) is 0 Å². The van der Waals surface area contributed by atoms with E-state index in [4.69, 9.17) is 4.74 Å². The van der Waals surface area contributed by atoms with E-state index in [1.54, 1.807) is 13.0 Å². The van der Waals surface area contributed by atoms with Crippen LogP contribution in [0.3, 0.4) is 0 Å². The van der Waals surface area contributed by atoms with Crippen LogP contribution in [-0.2, 0) is 10.9 Å². The van der Waals surface area contributed by atoms with Gasteiger partial charge >= 0.3 is 6.18 Å². The molecule has 1 fully saturated rings. The second-order valence-corrected chi connectivity index (χ2v) is 7.65. The third-order valence-corrected chi connectivity index (χ3v) is 5.35. The monoisotopic (exact) mass is 451 g/mol. The molecule has 2 aromatic carbocycles. The maximum absolute atomic E-state index is 13.3. The molecule has 0 bridgehead atoms. The quantitative estimate of drug-likeness (QED) is 0.328. The van der Waals surface area contributed by atoms with E-state index in [0.717, 1.165) is 25.0 Å². The molecule has 1 amide bonds. The van der Waals surface area contributed by atoms with Crippen molar-refractivity contribution in [2.75, 3.05) is 25.6 Å². The first-order chi connectivity index (χ1) is 15.1. The van der Waals surface area contributed by atoms with Crippen molar-refractivity contribution in [3.63, 3.8) is 0 Å². The molecule has 1 N–H and O–H groups in total. The minimum absolute atomic E-state index is 0.111. The van der Waals surface area contributed by atoms with E-state index in [-0.39, 0.29) is 23.0 Å². The Kier molecular flexibility index (Phi) is 7.02. The Morgan fingerprint density at radius 2 is 2.00 bits per heavy atom. The predicted molar refractivity (Wildman–Crippen MR) is 113 cm³/mol. The topological polar surface area (TPSA) is 84.7 Å². The van der Waals surface area contributed by atoms with Gasteiger partial charge in [-0.2, -0.15) is 13.2 Å². The summed E-state index contributed by atoms with van der Waals surface area (Å²) in [6, 6.07) is 8.28. The molecule has 0 heterocycles. The first-order valence-electron chi connectivity index (χ1n) is 10.1. The van der Waals surface area contributed by atoms with Crippen molar-refractivity contribution in [3.05, 3.63) is 69.3 Å². The average Bonchev–Trinajstić information content (AvgIpc) is 3.58. The Bertz CT molecular complexity index is 993. The highest BCUT2D eigenvalue weighted by Gasteiger charge is 2.38. The van der Waals surface area contributed by atoms with Gasteiger partial charge < -0.3 is 15.0 Å². The van der Waals surface area contributed by atoms with E-state index in [9.17, 15) is 28.1 Å². The van der Waals surface area contributed by atoms with Crippen molar-refractivity contribution >= 4 is 17.3 Å². The molecule has 0 saturated heterocycles. The summed E-state index contributed by atoms with van der Waals surface area (Å²) in [5.41, 5.74) is -0.318. The number of halogens is 3. The normalized spacial score (nSPS) is 14.7. The second kappa shape index (κ2) is 9.56. The zero-order valence-corrected chi connectivity index (χ0v) is 17.7. The maximum atomic E-state index is 13.3. The Morgan fingerprint density at radius 1 is 1.28 bits per heavy atom. The molecular formula is C22H24F3N3O4. The predicted octanol–water partition coefficient (Wildman–Crippen LogP) is 5.04. The minimum Gasteiger partial charge on any atom is -0.383 e. The van der Waals surface area contributed by atoms with Crippen LogP contribution in [0.2, 0.25) is 0 Å². The molecule has 0 spiro atoms. The fourth-order valence-electron chi connectivity index (χ4n) is 3.55. The van der Waals surface area contributed by atoms with Gasteiger partial charge in [-0.15, -0.1) is 0 Å². The van der Waals surface area contributed by atoms with Crippen LogP contribution in [-0.4, -0.2) is 42.0 Å². The summed E-state index contributed by atoms with van der Waals surface area (Å²) >= 11 is 0. The smallest absolute Gasteiger partial charge is 0.383 e. The van der Waals surface area contributed by atoms with Gasteiger partial charge in [0.25, 0.3) is 11.6 Å². The van der Waals surface area contributed by atoms with Crippen LogP contribution >= 0.6 is 0 Å². The number of anilines is 1. The SMILES string of the molecule is COCCNc1ccc(C(=O)N(C2CC2)C(C)c2cccc(C(F)(F)F)c2)cc1[N+](=O)[O-]. The van der Waals surface area contributed by atoms with Gasteiger partial charge in [-0.05, 0) is 49.6 Å². The molecule has 1 aliphatic carbocycles. The largest absolute Gasteiger partial charge is 0.416 e. The lowest BCUT2D eigenvalue weighted by molar-refractivity contribution is -0.384. The summed E-state index contributed by atoms with van der Waals surface area (Å²) in [6.45, 7) is 2.37. The second-order valence-electron chi connectivity index (χ2n) is 7.65. The number of alkyl halides is 3. The summed E-state index contributed by atoms with van der Waals surface area (Å²) in [7, 11) is 1.51. The third-order valence-electron chi connectivity index (χ3n) is 5.35. The Hall–Kier alpha value is -3.14. The number of nitro groups is 1. The zero-order valence-electron chi connectivity index (χ0n) is 17.7. The maximum Gasteiger partial charge on any atom is 0.416 e. The van der Waals surface area contributed by atoms with Gasteiger partial charge in [-0.1, -0.05) is 12.1 Å². The highest BCUT2D eigenvalue weighted by Crippen LogP contribution is 2.38. The van der Waals surface area contributed by atoms with Gasteiger partial charge in [0.15, 0.2) is 0 Å². The molecule has 1 unspecified atom stereocenters. The number of hydrogen-bond acceptors (Lipinski definition) is 5. The number of nitrogens with one attached hydrogen (secondary N) is 1. The van der Waals surface area contributed by atoms with Crippen LogP contribution in [0.4, 0.5) is 24.5 Å². The molecule has 7 nitrogen and oxygen atoms in total. The van der Waals surface area contributed by atoms with E-state index >= 15 is 0 Å². The third kappa shape index (κ3) is 5.37. The first kappa shape index (κ1) is 23.5. The van der Waals surface area contributed by atoms with E-state index in [1.807, 2.05) is 0 Å². The summed E-state index contributed by atoms with van der Waals surface area (Å²) in [5, 5.41) is 14.4. The number of nitrogens with zero attached hydrogens (tertiary/aromatic N) is 2. The van der Waals surface area contributed by atoms with Gasteiger partial charge in [0, 0.05) is 31.3 Å². The number of amides is 1. The highest BCUT2D eigenvalue weighted by atomic mass is 19.4. The van der Waals surface area contributed by atoms with Crippen molar-refractivity contribution in [2.24, 2.45) is 0 Å². The standard InChI is InChI=1S/C22H24F3N3O4/c1-14(15-4-3-5-17(12-15)22(23,24)25)27(18-7-8-18)21(29)16-6-9-19(26-10-11-32-2)20(13-16)28(30)31/h3-6,9,12-14,18,26H,7-8,10-11H2,1-2H3. The lowest BCUT2D eigenvalue weighted by atomic mass is 10.0. The number of nitro benzene ring substituents is 1. The summed E-state index contributed by atoms with van der Waals surface area (Å²) in [6.07, 6.45) is -3.03. The Morgan fingerprint density at radius 3 is 2.59 bits per heavy atom. The van der Waals surface area contributed by atoms with Crippen LogP contribution in [0.5, 0.6) is 0 Å². The number of benzene rings is 2. The number of carbonyl (C=O) groups excluding carboxylic acids is 1. The highest BCUT2D eigenvalue weighted by molar-refractivity contribution is 5.96. The van der Waals surface area contributed by atoms with Crippen LogP contribution in [0.1, 0.15) is 47.3 Å². The molecule has 0 aliphatic heterocycles. The van der Waals surface area contributed by atoms with Gasteiger partial charge in [-0.3, -0.25) is 14.9 Å². The summed E-state index contributed by atoms with van der Waals surface area (Å²) in [5.74, 6) is -0.455. The molecule has 3 rings (SSSR count). The summed E-state index contributed by atoms with van der Waals surface area (Å²) < 4.78 is 44.3. The first-order valence-corrected chi connectivity index (χ1v) is 10.1. The molecule has 10 heteroatoms. The summed E-state index contributed by atoms with van der Waals surface area (Å²) in [4.78, 5) is 25.8. The lowest BCUT2D eigenvalue weighted by Gasteiger charge is -2.30.